The molecule has 1 N–H and O–H groups in total. The first-order chi connectivity index (χ1) is 7.70. The molecule has 0 saturated carbocycles. The van der Waals surface area contributed by atoms with E-state index in [2.05, 4.69) is 27.9 Å². The highest BCUT2D eigenvalue weighted by molar-refractivity contribution is 14.1. The second-order valence-corrected chi connectivity index (χ2v) is 5.12. The number of carbonyl (C=O) groups is 1. The third kappa shape index (κ3) is 2.38. The van der Waals surface area contributed by atoms with E-state index in [1.54, 1.807) is 0 Å². The van der Waals surface area contributed by atoms with Gasteiger partial charge in [-0.15, -0.1) is 0 Å². The monoisotopic (exact) mass is 330 g/mol. The molecule has 0 unspecified atom stereocenters. The van der Waals surface area contributed by atoms with Crippen LogP contribution in [0, 0.1) is 10.5 Å². The van der Waals surface area contributed by atoms with Crippen LogP contribution in [0.4, 0.5) is 0 Å². The molecule has 4 heteroatoms. The third-order valence-corrected chi connectivity index (χ3v) is 4.07. The van der Waals surface area contributed by atoms with Crippen LogP contribution in [0.25, 0.3) is 0 Å². The summed E-state index contributed by atoms with van der Waals surface area (Å²) in [6, 6.07) is 5.90. The summed E-state index contributed by atoms with van der Waals surface area (Å²) in [5.41, 5.74) is 1.93. The molecule has 1 aliphatic rings. The summed E-state index contributed by atoms with van der Waals surface area (Å²) in [5.74, 6) is 0.164. The van der Waals surface area contributed by atoms with Crippen molar-refractivity contribution >= 4 is 28.5 Å². The minimum Gasteiger partial charge on any atom is -0.336 e. The van der Waals surface area contributed by atoms with Gasteiger partial charge in [-0.05, 0) is 47.2 Å². The van der Waals surface area contributed by atoms with Crippen LogP contribution in [-0.4, -0.2) is 37.0 Å². The number of piperazine rings is 1. The Kier molecular flexibility index (Phi) is 3.81. The van der Waals surface area contributed by atoms with Gasteiger partial charge in [0.1, 0.15) is 0 Å². The van der Waals surface area contributed by atoms with Gasteiger partial charge in [0.15, 0.2) is 0 Å². The summed E-state index contributed by atoms with van der Waals surface area (Å²) in [7, 11) is 0. The van der Waals surface area contributed by atoms with Crippen molar-refractivity contribution in [1.29, 1.82) is 0 Å². The van der Waals surface area contributed by atoms with Crippen LogP contribution < -0.4 is 5.32 Å². The molecule has 1 aromatic rings. The van der Waals surface area contributed by atoms with Crippen LogP contribution in [0.5, 0.6) is 0 Å². The first-order valence-corrected chi connectivity index (χ1v) is 6.53. The van der Waals surface area contributed by atoms with Gasteiger partial charge in [0.2, 0.25) is 0 Å². The predicted molar refractivity (Wildman–Crippen MR) is 72.7 cm³/mol. The molecule has 1 fully saturated rings. The van der Waals surface area contributed by atoms with Gasteiger partial charge in [-0.1, -0.05) is 6.07 Å². The van der Waals surface area contributed by atoms with E-state index in [-0.39, 0.29) is 5.91 Å². The highest BCUT2D eigenvalue weighted by Crippen LogP contribution is 2.17. The largest absolute Gasteiger partial charge is 0.336 e. The van der Waals surface area contributed by atoms with E-state index in [1.165, 1.54) is 0 Å². The Morgan fingerprint density at radius 2 is 2.06 bits per heavy atom. The molecule has 0 bridgehead atoms. The summed E-state index contributed by atoms with van der Waals surface area (Å²) in [5, 5.41) is 3.25. The molecule has 2 rings (SSSR count). The fraction of sp³-hybridized carbons (Fsp3) is 0.417. The Morgan fingerprint density at radius 3 is 2.75 bits per heavy atom. The third-order valence-electron chi connectivity index (χ3n) is 2.90. The topological polar surface area (TPSA) is 32.3 Å². The number of benzene rings is 1. The van der Waals surface area contributed by atoms with Gasteiger partial charge in [0.05, 0.1) is 0 Å². The van der Waals surface area contributed by atoms with E-state index >= 15 is 0 Å². The van der Waals surface area contributed by atoms with Crippen LogP contribution in [0.3, 0.4) is 0 Å². The molecule has 1 saturated heterocycles. The van der Waals surface area contributed by atoms with Gasteiger partial charge in [0, 0.05) is 35.3 Å². The van der Waals surface area contributed by atoms with Crippen molar-refractivity contribution in [1.82, 2.24) is 10.2 Å². The van der Waals surface area contributed by atoms with Crippen molar-refractivity contribution in [2.24, 2.45) is 0 Å². The molecule has 0 aromatic heterocycles. The van der Waals surface area contributed by atoms with Crippen LogP contribution in [0.15, 0.2) is 18.2 Å². The lowest BCUT2D eigenvalue weighted by molar-refractivity contribution is 0.0735. The number of hydrogen-bond donors (Lipinski definition) is 1. The van der Waals surface area contributed by atoms with Crippen molar-refractivity contribution in [3.8, 4) is 0 Å². The molecule has 1 amide bonds. The fourth-order valence-electron chi connectivity index (χ4n) is 1.88. The number of hydrogen-bond acceptors (Lipinski definition) is 2. The van der Waals surface area contributed by atoms with Crippen LogP contribution in [0.1, 0.15) is 15.9 Å². The zero-order chi connectivity index (χ0) is 11.5. The fourth-order valence-corrected chi connectivity index (χ4v) is 2.38. The smallest absolute Gasteiger partial charge is 0.254 e. The minimum absolute atomic E-state index is 0.164. The lowest BCUT2D eigenvalue weighted by Crippen LogP contribution is -2.46. The van der Waals surface area contributed by atoms with Crippen molar-refractivity contribution < 1.29 is 4.79 Å². The van der Waals surface area contributed by atoms with E-state index in [1.807, 2.05) is 30.0 Å². The summed E-state index contributed by atoms with van der Waals surface area (Å²) >= 11 is 2.27. The number of carbonyl (C=O) groups excluding carboxylic acids is 1. The molecule has 0 radical (unpaired) electrons. The van der Waals surface area contributed by atoms with Crippen molar-refractivity contribution in [3.05, 3.63) is 32.9 Å². The maximum Gasteiger partial charge on any atom is 0.254 e. The number of amides is 1. The van der Waals surface area contributed by atoms with Crippen LogP contribution in [-0.2, 0) is 0 Å². The van der Waals surface area contributed by atoms with Gasteiger partial charge in [-0.2, -0.15) is 0 Å². The van der Waals surface area contributed by atoms with Gasteiger partial charge >= 0.3 is 0 Å². The van der Waals surface area contributed by atoms with Gasteiger partial charge in [-0.25, -0.2) is 0 Å². The molecular weight excluding hydrogens is 315 g/mol. The number of nitrogens with one attached hydrogen (secondary N) is 1. The number of nitrogens with zero attached hydrogens (tertiary/aromatic N) is 1. The second-order valence-electron chi connectivity index (χ2n) is 3.95. The first kappa shape index (κ1) is 11.9. The van der Waals surface area contributed by atoms with Crippen molar-refractivity contribution in [2.45, 2.75) is 6.92 Å². The Hall–Kier alpha value is -0.620. The first-order valence-electron chi connectivity index (χ1n) is 5.45. The van der Waals surface area contributed by atoms with Crippen LogP contribution >= 0.6 is 22.6 Å². The maximum atomic E-state index is 12.3. The van der Waals surface area contributed by atoms with E-state index in [0.29, 0.717) is 0 Å². The molecule has 1 aliphatic heterocycles. The van der Waals surface area contributed by atoms with Gasteiger partial charge < -0.3 is 10.2 Å². The summed E-state index contributed by atoms with van der Waals surface area (Å²) in [6.45, 7) is 5.42. The predicted octanol–water partition coefficient (Wildman–Crippen LogP) is 1.65. The molecule has 0 atom stereocenters. The summed E-state index contributed by atoms with van der Waals surface area (Å²) < 4.78 is 1.15. The molecular formula is C12H15IN2O. The number of halogens is 1. The molecule has 16 heavy (non-hydrogen) atoms. The quantitative estimate of drug-likeness (QED) is 0.794. The van der Waals surface area contributed by atoms with Gasteiger partial charge in [-0.3, -0.25) is 4.79 Å². The average Bonchev–Trinajstić information content (AvgIpc) is 2.33. The summed E-state index contributed by atoms with van der Waals surface area (Å²) in [4.78, 5) is 14.2. The Balaban J connectivity index is 2.22. The van der Waals surface area contributed by atoms with Crippen LogP contribution in [0.2, 0.25) is 0 Å². The molecule has 1 heterocycles. The van der Waals surface area contributed by atoms with E-state index < -0.39 is 0 Å². The highest BCUT2D eigenvalue weighted by Gasteiger charge is 2.19. The van der Waals surface area contributed by atoms with Gasteiger partial charge in [0.25, 0.3) is 5.91 Å². The highest BCUT2D eigenvalue weighted by atomic mass is 127. The van der Waals surface area contributed by atoms with Crippen molar-refractivity contribution in [2.75, 3.05) is 26.2 Å². The normalized spacial score (nSPS) is 16.2. The molecule has 86 valence electrons. The minimum atomic E-state index is 0.164. The lowest BCUT2D eigenvalue weighted by atomic mass is 10.1. The summed E-state index contributed by atoms with van der Waals surface area (Å²) in [6.07, 6.45) is 0. The standard InChI is InChI=1S/C12H15IN2O/c1-9-10(3-2-4-11(9)13)12(16)15-7-5-14-6-8-15/h2-4,14H,5-8H2,1H3. The van der Waals surface area contributed by atoms with E-state index in [0.717, 1.165) is 40.9 Å². The number of rotatable bonds is 1. The van der Waals surface area contributed by atoms with E-state index in [9.17, 15) is 4.79 Å². The Labute approximate surface area is 109 Å². The molecule has 1 aromatic carbocycles. The maximum absolute atomic E-state index is 12.3. The lowest BCUT2D eigenvalue weighted by Gasteiger charge is -2.28. The average molecular weight is 330 g/mol. The SMILES string of the molecule is Cc1c(I)cccc1C(=O)N1CCNCC1. The Morgan fingerprint density at radius 1 is 1.38 bits per heavy atom. The Bertz CT molecular complexity index is 400. The van der Waals surface area contributed by atoms with E-state index in [4.69, 9.17) is 0 Å². The molecule has 0 aliphatic carbocycles. The molecule has 3 nitrogen and oxygen atoms in total. The zero-order valence-electron chi connectivity index (χ0n) is 9.29. The molecule has 0 spiro atoms. The second kappa shape index (κ2) is 5.14. The van der Waals surface area contributed by atoms with Crippen molar-refractivity contribution in [3.63, 3.8) is 0 Å². The zero-order valence-corrected chi connectivity index (χ0v) is 11.5.